The van der Waals surface area contributed by atoms with Gasteiger partial charge in [0.15, 0.2) is 0 Å². The minimum Gasteiger partial charge on any atom is -0.354 e. The van der Waals surface area contributed by atoms with Gasteiger partial charge in [0.2, 0.25) is 11.8 Å². The summed E-state index contributed by atoms with van der Waals surface area (Å²) in [5.74, 6) is 1.20. The van der Waals surface area contributed by atoms with E-state index < -0.39 is 0 Å². The van der Waals surface area contributed by atoms with E-state index in [0.717, 1.165) is 44.3 Å². The summed E-state index contributed by atoms with van der Waals surface area (Å²) in [6, 6.07) is 16.3. The van der Waals surface area contributed by atoms with Gasteiger partial charge in [-0.3, -0.25) is 9.59 Å². The van der Waals surface area contributed by atoms with Crippen LogP contribution in [0.15, 0.2) is 48.5 Å². The van der Waals surface area contributed by atoms with Crippen LogP contribution in [0, 0.1) is 11.8 Å². The Morgan fingerprint density at radius 1 is 0.938 bits per heavy atom. The third kappa shape index (κ3) is 5.57. The number of carbonyl (C=O) groups excluding carboxylic acids is 2. The summed E-state index contributed by atoms with van der Waals surface area (Å²) in [5.41, 5.74) is 4.69. The fraction of sp³-hybridized carbons (Fsp3) is 0.481. The van der Waals surface area contributed by atoms with Crippen molar-refractivity contribution >= 4 is 17.5 Å². The van der Waals surface area contributed by atoms with Crippen molar-refractivity contribution in [3.8, 4) is 0 Å². The summed E-state index contributed by atoms with van der Waals surface area (Å²) in [6.45, 7) is 5.77. The molecule has 1 fully saturated rings. The fourth-order valence-electron chi connectivity index (χ4n) is 4.83. The number of anilines is 1. The lowest BCUT2D eigenvalue weighted by Gasteiger charge is -2.29. The van der Waals surface area contributed by atoms with Gasteiger partial charge in [-0.15, -0.1) is 0 Å². The Kier molecular flexibility index (Phi) is 7.26. The van der Waals surface area contributed by atoms with Gasteiger partial charge in [-0.1, -0.05) is 50.2 Å². The van der Waals surface area contributed by atoms with Gasteiger partial charge in [-0.05, 0) is 72.8 Å². The summed E-state index contributed by atoms with van der Waals surface area (Å²) in [6.07, 6.45) is 4.46. The molecular weight excluding hydrogens is 398 g/mol. The van der Waals surface area contributed by atoms with E-state index in [9.17, 15) is 9.59 Å². The minimum absolute atomic E-state index is 0.0586. The number of hydrogen-bond donors (Lipinski definition) is 3. The van der Waals surface area contributed by atoms with Crippen molar-refractivity contribution in [2.75, 3.05) is 11.9 Å². The Morgan fingerprint density at radius 3 is 2.31 bits per heavy atom. The number of amides is 2. The molecule has 0 bridgehead atoms. The lowest BCUT2D eigenvalue weighted by atomic mass is 9.81. The number of rotatable bonds is 6. The van der Waals surface area contributed by atoms with Crippen LogP contribution >= 0.6 is 0 Å². The first-order valence-corrected chi connectivity index (χ1v) is 12.0. The van der Waals surface area contributed by atoms with Gasteiger partial charge in [0.05, 0.1) is 6.04 Å². The molecule has 5 nitrogen and oxygen atoms in total. The second kappa shape index (κ2) is 10.3. The highest BCUT2D eigenvalue weighted by Crippen LogP contribution is 2.29. The van der Waals surface area contributed by atoms with E-state index in [-0.39, 0.29) is 23.8 Å². The predicted molar refractivity (Wildman–Crippen MR) is 128 cm³/mol. The maximum absolute atomic E-state index is 12.7. The fourth-order valence-corrected chi connectivity index (χ4v) is 4.83. The highest BCUT2D eigenvalue weighted by molar-refractivity contribution is 5.92. The molecule has 2 amide bonds. The normalized spacial score (nSPS) is 22.8. The Morgan fingerprint density at radius 2 is 1.62 bits per heavy atom. The maximum Gasteiger partial charge on any atom is 0.237 e. The van der Waals surface area contributed by atoms with Crippen LogP contribution in [-0.4, -0.2) is 24.4 Å². The van der Waals surface area contributed by atoms with Gasteiger partial charge >= 0.3 is 0 Å². The maximum atomic E-state index is 12.7. The molecule has 32 heavy (non-hydrogen) atoms. The average Bonchev–Trinajstić information content (AvgIpc) is 2.82. The van der Waals surface area contributed by atoms with Gasteiger partial charge in [0.25, 0.3) is 0 Å². The van der Waals surface area contributed by atoms with Gasteiger partial charge in [-0.25, -0.2) is 0 Å². The molecule has 3 N–H and O–H groups in total. The number of fused-ring (bicyclic) bond motifs is 1. The molecule has 1 aliphatic carbocycles. The minimum atomic E-state index is -0.158. The zero-order valence-corrected chi connectivity index (χ0v) is 19.2. The monoisotopic (exact) mass is 433 g/mol. The SMILES string of the molecule is CC(C)c1ccc(NC(=O)C2CCC(CNC(=O)[C@H]3Cc4ccccc4CN3)CC2)cc1. The Labute approximate surface area is 191 Å². The van der Waals surface area contributed by atoms with Gasteiger partial charge in [0.1, 0.15) is 0 Å². The van der Waals surface area contributed by atoms with E-state index in [2.05, 4.69) is 54.1 Å². The zero-order valence-electron chi connectivity index (χ0n) is 19.2. The molecule has 1 heterocycles. The van der Waals surface area contributed by atoms with E-state index in [1.165, 1.54) is 16.7 Å². The molecular formula is C27H35N3O2. The Bertz CT molecular complexity index is 930. The standard InChI is InChI=1S/C27H35N3O2/c1-18(2)20-11-13-24(14-12-20)30-26(31)21-9-7-19(8-10-21)16-29-27(32)25-15-22-5-3-4-6-23(22)17-28-25/h3-6,11-14,18-19,21,25,28H,7-10,15-17H2,1-2H3,(H,29,32)(H,30,31)/t19?,21?,25-/m1/s1. The van der Waals surface area contributed by atoms with Crippen LogP contribution in [0.2, 0.25) is 0 Å². The molecule has 2 aromatic rings. The van der Waals surface area contributed by atoms with Crippen molar-refractivity contribution < 1.29 is 9.59 Å². The molecule has 4 rings (SSSR count). The zero-order chi connectivity index (χ0) is 22.5. The smallest absolute Gasteiger partial charge is 0.237 e. The molecule has 1 atom stereocenters. The van der Waals surface area contributed by atoms with Gasteiger partial charge in [-0.2, -0.15) is 0 Å². The van der Waals surface area contributed by atoms with Crippen molar-refractivity contribution in [1.29, 1.82) is 0 Å². The number of carbonyl (C=O) groups is 2. The molecule has 1 saturated carbocycles. The van der Waals surface area contributed by atoms with Crippen LogP contribution in [-0.2, 0) is 22.6 Å². The highest BCUT2D eigenvalue weighted by Gasteiger charge is 2.28. The first-order chi connectivity index (χ1) is 15.5. The molecule has 0 saturated heterocycles. The summed E-state index contributed by atoms with van der Waals surface area (Å²) in [5, 5.41) is 9.58. The second-order valence-corrected chi connectivity index (χ2v) is 9.64. The van der Waals surface area contributed by atoms with Gasteiger partial charge < -0.3 is 16.0 Å². The third-order valence-corrected chi connectivity index (χ3v) is 7.03. The van der Waals surface area contributed by atoms with Crippen molar-refractivity contribution in [3.05, 3.63) is 65.2 Å². The number of nitrogens with one attached hydrogen (secondary N) is 3. The highest BCUT2D eigenvalue weighted by atomic mass is 16.2. The lowest BCUT2D eigenvalue weighted by Crippen LogP contribution is -2.48. The van der Waals surface area contributed by atoms with Crippen LogP contribution < -0.4 is 16.0 Å². The van der Waals surface area contributed by atoms with Crippen molar-refractivity contribution in [1.82, 2.24) is 10.6 Å². The Balaban J connectivity index is 1.19. The van der Waals surface area contributed by atoms with E-state index in [4.69, 9.17) is 0 Å². The topological polar surface area (TPSA) is 70.2 Å². The molecule has 0 unspecified atom stereocenters. The summed E-state index contributed by atoms with van der Waals surface area (Å²) in [7, 11) is 0. The molecule has 0 aromatic heterocycles. The van der Waals surface area contributed by atoms with Crippen molar-refractivity contribution in [2.24, 2.45) is 11.8 Å². The molecule has 2 aliphatic rings. The quantitative estimate of drug-likeness (QED) is 0.633. The van der Waals surface area contributed by atoms with Crippen LogP contribution in [0.5, 0.6) is 0 Å². The van der Waals surface area contributed by atoms with Gasteiger partial charge in [0, 0.05) is 24.7 Å². The largest absolute Gasteiger partial charge is 0.354 e. The van der Waals surface area contributed by atoms with Crippen LogP contribution in [0.3, 0.4) is 0 Å². The Hall–Kier alpha value is -2.66. The van der Waals surface area contributed by atoms with Crippen molar-refractivity contribution in [3.63, 3.8) is 0 Å². The summed E-state index contributed by atoms with van der Waals surface area (Å²) in [4.78, 5) is 25.3. The third-order valence-electron chi connectivity index (χ3n) is 7.03. The summed E-state index contributed by atoms with van der Waals surface area (Å²) >= 11 is 0. The second-order valence-electron chi connectivity index (χ2n) is 9.64. The van der Waals surface area contributed by atoms with E-state index in [1.807, 2.05) is 24.3 Å². The number of hydrogen-bond acceptors (Lipinski definition) is 3. The first-order valence-electron chi connectivity index (χ1n) is 12.0. The summed E-state index contributed by atoms with van der Waals surface area (Å²) < 4.78 is 0. The molecule has 0 radical (unpaired) electrons. The molecule has 170 valence electrons. The van der Waals surface area contributed by atoms with Crippen LogP contribution in [0.1, 0.15) is 62.1 Å². The lowest BCUT2D eigenvalue weighted by molar-refractivity contribution is -0.124. The predicted octanol–water partition coefficient (Wildman–Crippen LogP) is 4.39. The van der Waals surface area contributed by atoms with E-state index in [0.29, 0.717) is 18.4 Å². The molecule has 2 aromatic carbocycles. The number of benzene rings is 2. The van der Waals surface area contributed by atoms with Crippen molar-refractivity contribution in [2.45, 2.75) is 64.5 Å². The average molecular weight is 434 g/mol. The molecule has 0 spiro atoms. The van der Waals surface area contributed by atoms with E-state index >= 15 is 0 Å². The first kappa shape index (κ1) is 22.5. The van der Waals surface area contributed by atoms with Crippen LogP contribution in [0.25, 0.3) is 0 Å². The molecule has 5 heteroatoms. The van der Waals surface area contributed by atoms with Crippen LogP contribution in [0.4, 0.5) is 5.69 Å². The molecule has 1 aliphatic heterocycles. The van der Waals surface area contributed by atoms with E-state index in [1.54, 1.807) is 0 Å².